The first kappa shape index (κ1) is 15.3. The highest BCUT2D eigenvalue weighted by molar-refractivity contribution is 9.10. The predicted molar refractivity (Wildman–Crippen MR) is 87.6 cm³/mol. The Balaban J connectivity index is 2.25. The van der Waals surface area contributed by atoms with Crippen LogP contribution < -0.4 is 4.74 Å². The van der Waals surface area contributed by atoms with Gasteiger partial charge in [0.2, 0.25) is 0 Å². The molecule has 104 valence electrons. The lowest BCUT2D eigenvalue weighted by Crippen LogP contribution is -2.05. The number of ketones is 1. The summed E-state index contributed by atoms with van der Waals surface area (Å²) >= 11 is 6.91. The van der Waals surface area contributed by atoms with Crippen LogP contribution in [0.1, 0.15) is 21.5 Å². The lowest BCUT2D eigenvalue weighted by Gasteiger charge is -2.08. The number of carbonyl (C=O) groups excluding carboxylic acids is 1. The highest BCUT2D eigenvalue weighted by Gasteiger charge is 2.11. The van der Waals surface area contributed by atoms with Crippen molar-refractivity contribution in [1.29, 1.82) is 0 Å². The molecule has 0 aliphatic rings. The molecule has 0 N–H and O–H groups in total. The van der Waals surface area contributed by atoms with Crippen LogP contribution in [0.25, 0.3) is 0 Å². The SMILES string of the molecule is COc1ccc(Br)c(CC(=O)c2ccc(Br)c(C)c2)c1. The Kier molecular flexibility index (Phi) is 5.00. The first-order valence-corrected chi connectivity index (χ1v) is 7.71. The monoisotopic (exact) mass is 396 g/mol. The second-order valence-electron chi connectivity index (χ2n) is 4.52. The summed E-state index contributed by atoms with van der Waals surface area (Å²) in [5.41, 5.74) is 2.70. The van der Waals surface area contributed by atoms with E-state index in [0.717, 1.165) is 31.4 Å². The molecule has 0 aliphatic heterocycles. The van der Waals surface area contributed by atoms with Crippen molar-refractivity contribution in [3.8, 4) is 5.75 Å². The molecule has 0 unspecified atom stereocenters. The molecular weight excluding hydrogens is 384 g/mol. The van der Waals surface area contributed by atoms with Crippen LogP contribution in [-0.4, -0.2) is 12.9 Å². The fourth-order valence-corrected chi connectivity index (χ4v) is 2.54. The minimum absolute atomic E-state index is 0.0922. The second-order valence-corrected chi connectivity index (χ2v) is 6.23. The zero-order valence-electron chi connectivity index (χ0n) is 11.2. The number of rotatable bonds is 4. The number of halogens is 2. The Bertz CT molecular complexity index is 651. The molecule has 0 fully saturated rings. The molecule has 2 nitrogen and oxygen atoms in total. The molecule has 0 saturated heterocycles. The van der Waals surface area contributed by atoms with Crippen molar-refractivity contribution in [2.24, 2.45) is 0 Å². The molecule has 4 heteroatoms. The van der Waals surface area contributed by atoms with Gasteiger partial charge >= 0.3 is 0 Å². The third-order valence-corrected chi connectivity index (χ3v) is 4.75. The zero-order chi connectivity index (χ0) is 14.7. The summed E-state index contributed by atoms with van der Waals surface area (Å²) in [6.07, 6.45) is 0.346. The van der Waals surface area contributed by atoms with Crippen molar-refractivity contribution in [2.45, 2.75) is 13.3 Å². The van der Waals surface area contributed by atoms with Crippen molar-refractivity contribution in [1.82, 2.24) is 0 Å². The lowest BCUT2D eigenvalue weighted by molar-refractivity contribution is 0.0992. The molecule has 0 aliphatic carbocycles. The fourth-order valence-electron chi connectivity index (χ4n) is 1.91. The van der Waals surface area contributed by atoms with Crippen LogP contribution >= 0.6 is 31.9 Å². The van der Waals surface area contributed by atoms with Gasteiger partial charge in [0.15, 0.2) is 5.78 Å². The van der Waals surface area contributed by atoms with Crippen LogP contribution in [0.15, 0.2) is 45.3 Å². The van der Waals surface area contributed by atoms with Gasteiger partial charge in [0, 0.05) is 20.9 Å². The van der Waals surface area contributed by atoms with E-state index >= 15 is 0 Å². The number of benzene rings is 2. The third-order valence-electron chi connectivity index (χ3n) is 3.08. The van der Waals surface area contributed by atoms with E-state index in [1.54, 1.807) is 7.11 Å². The summed E-state index contributed by atoms with van der Waals surface area (Å²) in [5, 5.41) is 0. The maximum absolute atomic E-state index is 12.4. The summed E-state index contributed by atoms with van der Waals surface area (Å²) < 4.78 is 7.12. The van der Waals surface area contributed by atoms with Crippen molar-refractivity contribution >= 4 is 37.6 Å². The molecule has 2 aromatic carbocycles. The molecule has 0 saturated carbocycles. The first-order chi connectivity index (χ1) is 9.51. The minimum Gasteiger partial charge on any atom is -0.497 e. The average molecular weight is 398 g/mol. The second kappa shape index (κ2) is 6.55. The van der Waals surface area contributed by atoms with E-state index in [0.29, 0.717) is 6.42 Å². The van der Waals surface area contributed by atoms with E-state index in [-0.39, 0.29) is 5.78 Å². The highest BCUT2D eigenvalue weighted by atomic mass is 79.9. The number of hydrogen-bond acceptors (Lipinski definition) is 2. The van der Waals surface area contributed by atoms with Crippen LogP contribution in [0.4, 0.5) is 0 Å². The molecule has 0 amide bonds. The fraction of sp³-hybridized carbons (Fsp3) is 0.188. The number of methoxy groups -OCH3 is 1. The Labute approximate surface area is 135 Å². The summed E-state index contributed by atoms with van der Waals surface area (Å²) in [7, 11) is 1.62. The molecule has 0 aromatic heterocycles. The molecular formula is C16H14Br2O2. The number of hydrogen-bond donors (Lipinski definition) is 0. The van der Waals surface area contributed by atoms with Crippen molar-refractivity contribution in [3.05, 3.63) is 62.0 Å². The van der Waals surface area contributed by atoms with Crippen LogP contribution in [0.2, 0.25) is 0 Å². The topological polar surface area (TPSA) is 26.3 Å². The van der Waals surface area contributed by atoms with Crippen molar-refractivity contribution in [2.75, 3.05) is 7.11 Å². The number of aryl methyl sites for hydroxylation is 1. The number of Topliss-reactive ketones (excluding diaryl/α,β-unsaturated/α-hetero) is 1. The highest BCUT2D eigenvalue weighted by Crippen LogP contribution is 2.24. The van der Waals surface area contributed by atoms with Crippen LogP contribution in [0.5, 0.6) is 5.75 Å². The molecule has 20 heavy (non-hydrogen) atoms. The lowest BCUT2D eigenvalue weighted by atomic mass is 10.0. The van der Waals surface area contributed by atoms with E-state index in [1.807, 2.05) is 43.3 Å². The molecule has 0 radical (unpaired) electrons. The summed E-state index contributed by atoms with van der Waals surface area (Å²) in [6.45, 7) is 1.97. The van der Waals surface area contributed by atoms with Gasteiger partial charge in [0.1, 0.15) is 5.75 Å². The normalized spacial score (nSPS) is 10.4. The van der Waals surface area contributed by atoms with Gasteiger partial charge in [-0.25, -0.2) is 0 Å². The molecule has 0 bridgehead atoms. The number of ether oxygens (including phenoxy) is 1. The van der Waals surface area contributed by atoms with Gasteiger partial charge < -0.3 is 4.74 Å². The van der Waals surface area contributed by atoms with Gasteiger partial charge in [-0.15, -0.1) is 0 Å². The van der Waals surface area contributed by atoms with Crippen LogP contribution in [0, 0.1) is 6.92 Å². The molecule has 0 atom stereocenters. The van der Waals surface area contributed by atoms with Gasteiger partial charge in [-0.05, 0) is 48.4 Å². The summed E-state index contributed by atoms with van der Waals surface area (Å²) in [6, 6.07) is 11.3. The summed E-state index contributed by atoms with van der Waals surface area (Å²) in [5.74, 6) is 0.845. The first-order valence-electron chi connectivity index (χ1n) is 6.13. The maximum Gasteiger partial charge on any atom is 0.167 e. The standard InChI is InChI=1S/C16H14Br2O2/c1-10-7-11(3-5-14(10)17)16(19)9-12-8-13(20-2)4-6-15(12)18/h3-8H,9H2,1-2H3. The molecule has 0 heterocycles. The Morgan fingerprint density at radius 1 is 1.10 bits per heavy atom. The van der Waals surface area contributed by atoms with Gasteiger partial charge in [-0.1, -0.05) is 37.9 Å². The van der Waals surface area contributed by atoms with Crippen molar-refractivity contribution in [3.63, 3.8) is 0 Å². The van der Waals surface area contributed by atoms with E-state index < -0.39 is 0 Å². The average Bonchev–Trinajstić information content (AvgIpc) is 2.44. The van der Waals surface area contributed by atoms with Crippen LogP contribution in [-0.2, 0) is 6.42 Å². The van der Waals surface area contributed by atoms with E-state index in [2.05, 4.69) is 31.9 Å². The van der Waals surface area contributed by atoms with E-state index in [1.165, 1.54) is 0 Å². The van der Waals surface area contributed by atoms with Gasteiger partial charge in [0.25, 0.3) is 0 Å². The smallest absolute Gasteiger partial charge is 0.167 e. The van der Waals surface area contributed by atoms with E-state index in [4.69, 9.17) is 4.74 Å². The van der Waals surface area contributed by atoms with E-state index in [9.17, 15) is 4.79 Å². The molecule has 2 aromatic rings. The Hall–Kier alpha value is -1.13. The van der Waals surface area contributed by atoms with Crippen LogP contribution in [0.3, 0.4) is 0 Å². The Morgan fingerprint density at radius 3 is 2.45 bits per heavy atom. The Morgan fingerprint density at radius 2 is 1.80 bits per heavy atom. The van der Waals surface area contributed by atoms with Gasteiger partial charge in [-0.3, -0.25) is 4.79 Å². The zero-order valence-corrected chi connectivity index (χ0v) is 14.4. The largest absolute Gasteiger partial charge is 0.497 e. The van der Waals surface area contributed by atoms with Crippen molar-refractivity contribution < 1.29 is 9.53 Å². The van der Waals surface area contributed by atoms with Gasteiger partial charge in [-0.2, -0.15) is 0 Å². The maximum atomic E-state index is 12.4. The quantitative estimate of drug-likeness (QED) is 0.682. The predicted octanol–water partition coefficient (Wildman–Crippen LogP) is 4.95. The summed E-state index contributed by atoms with van der Waals surface area (Å²) in [4.78, 5) is 12.4. The minimum atomic E-state index is 0.0922. The third kappa shape index (κ3) is 3.49. The molecule has 2 rings (SSSR count). The van der Waals surface area contributed by atoms with Gasteiger partial charge in [0.05, 0.1) is 7.11 Å². The molecule has 0 spiro atoms. The number of carbonyl (C=O) groups is 1.